The van der Waals surface area contributed by atoms with E-state index in [0.717, 1.165) is 27.6 Å². The van der Waals surface area contributed by atoms with Crippen molar-refractivity contribution in [3.63, 3.8) is 0 Å². The molecule has 0 aliphatic carbocycles. The van der Waals surface area contributed by atoms with Gasteiger partial charge in [-0.2, -0.15) is 5.26 Å². The lowest BCUT2D eigenvalue weighted by Crippen LogP contribution is -2.69. The van der Waals surface area contributed by atoms with Gasteiger partial charge in [-0.05, 0) is 74.2 Å². The number of carbonyl (C=O) groups is 3. The number of esters is 3. The van der Waals surface area contributed by atoms with Crippen molar-refractivity contribution in [2.24, 2.45) is 0 Å². The summed E-state index contributed by atoms with van der Waals surface area (Å²) < 4.78 is 42.8. The van der Waals surface area contributed by atoms with Crippen molar-refractivity contribution in [2.45, 2.75) is 74.6 Å². The number of aromatic nitrogens is 1. The van der Waals surface area contributed by atoms with Crippen LogP contribution in [-0.4, -0.2) is 103 Å². The molecule has 3 N–H and O–H groups in total. The lowest BCUT2D eigenvalue weighted by molar-refractivity contribution is -0.157. The van der Waals surface area contributed by atoms with E-state index in [1.165, 1.54) is 32.9 Å². The summed E-state index contributed by atoms with van der Waals surface area (Å²) in [6, 6.07) is 12.7. The zero-order valence-electron chi connectivity index (χ0n) is 37.1. The van der Waals surface area contributed by atoms with Crippen LogP contribution in [0.2, 0.25) is 0 Å². The van der Waals surface area contributed by atoms with Crippen molar-refractivity contribution in [3.8, 4) is 46.3 Å². The summed E-state index contributed by atoms with van der Waals surface area (Å²) in [4.78, 5) is 49.5. The number of carbonyl (C=O) groups excluding carboxylic acids is 3. The molecule has 0 amide bonds. The fraction of sp³-hybridized carbons (Fsp3) is 0.388. The lowest BCUT2D eigenvalue weighted by atomic mass is 9.71. The number of nitrogens with zero attached hydrogens (tertiary/aromatic N) is 3. The predicted molar refractivity (Wildman–Crippen MR) is 240 cm³/mol. The monoisotopic (exact) mass is 913 g/mol. The van der Waals surface area contributed by atoms with Gasteiger partial charge in [0.05, 0.1) is 43.2 Å². The molecule has 340 valence electrons. The summed E-state index contributed by atoms with van der Waals surface area (Å²) in [5, 5.41) is 27.1. The van der Waals surface area contributed by atoms with Crippen LogP contribution in [-0.2, 0) is 32.7 Å². The van der Waals surface area contributed by atoms with Crippen LogP contribution in [0.3, 0.4) is 0 Å². The lowest BCUT2D eigenvalue weighted by Gasteiger charge is -2.62. The summed E-state index contributed by atoms with van der Waals surface area (Å²) in [5.74, 6) is 0.453. The summed E-state index contributed by atoms with van der Waals surface area (Å²) >= 11 is 1.46. The molecule has 17 heteroatoms. The Kier molecular flexibility index (Phi) is 9.96. The smallest absolute Gasteiger partial charge is 0.345 e. The number of benzene rings is 4. The molecule has 1 spiro atoms. The summed E-state index contributed by atoms with van der Waals surface area (Å²) in [6.07, 6.45) is 2.58. The van der Waals surface area contributed by atoms with Gasteiger partial charge in [0.2, 0.25) is 6.79 Å². The first-order valence-electron chi connectivity index (χ1n) is 21.9. The molecule has 1 aromatic heterocycles. The highest BCUT2D eigenvalue weighted by molar-refractivity contribution is 7.99. The molecule has 16 nitrogen and oxygen atoms in total. The summed E-state index contributed by atoms with van der Waals surface area (Å²) in [5.41, 5.74) is 5.30. The molecule has 7 aliphatic heterocycles. The molecule has 0 saturated carbocycles. The molecule has 8 heterocycles. The first-order chi connectivity index (χ1) is 31.9. The number of hydrogen-bond acceptors (Lipinski definition) is 16. The average molecular weight is 914 g/mol. The van der Waals surface area contributed by atoms with E-state index in [4.69, 9.17) is 33.2 Å². The second-order valence-electron chi connectivity index (χ2n) is 17.7. The number of aryl methyl sites for hydroxylation is 1. The molecular weight excluding hydrogens is 867 g/mol. The SMILES string of the molecule is COc1cc2c(cc1OC(=O)c1c[nH]c3ccccc13)CCN[C@]21CS[C@@H]2c3c(OC(C)=O)c(C)c4c(c3[C@H](COC1=O)N1[C@@H]2[C@H]2c3c(cc(C)c(OC)c3O)C[C@@H]([C@@H]1C#N)N2C)OCO4. The number of likely N-dealkylation sites (N-methyl/N-ethyl adjacent to an activating group) is 1. The van der Waals surface area contributed by atoms with Crippen LogP contribution in [0.4, 0.5) is 0 Å². The molecule has 2 saturated heterocycles. The second kappa shape index (κ2) is 15.6. The number of methoxy groups -OCH3 is 2. The standard InChI is InChI=1S/C49H47N5O11S/c1-22-13-26-14-31-32(17-50)54-33-19-61-48(58)49(29-16-34(59-5)35(15-25(29)11-12-52-49)65-47(57)28-18-51-30-10-8-7-9-27(28)30)20-66-46(40(54)39(53(31)4)36(26)41(56)42(22)60-6)38-37(33)45-44(62-21-63-45)23(2)43(38)64-24(3)55/h7-10,13,15-16,18,31-33,39-40,46,51-52,56H,11-12,14,19-21H2,1-6H3/t31-,32-,33-,39+,40+,46+,49+/m0/s1. The van der Waals surface area contributed by atoms with Gasteiger partial charge in [0, 0.05) is 70.7 Å². The van der Waals surface area contributed by atoms with Gasteiger partial charge in [-0.25, -0.2) is 9.59 Å². The molecule has 12 rings (SSSR count). The van der Waals surface area contributed by atoms with Crippen LogP contribution in [0.1, 0.15) is 79.1 Å². The number of rotatable bonds is 5. The van der Waals surface area contributed by atoms with Crippen molar-refractivity contribution < 1.29 is 52.6 Å². The van der Waals surface area contributed by atoms with E-state index >= 15 is 4.79 Å². The number of H-pyrrole nitrogens is 1. The summed E-state index contributed by atoms with van der Waals surface area (Å²) in [7, 11) is 5.00. The van der Waals surface area contributed by atoms with Crippen molar-refractivity contribution in [1.29, 1.82) is 5.26 Å². The maximum atomic E-state index is 15.2. The molecule has 2 fully saturated rings. The minimum atomic E-state index is -1.45. The number of phenolic OH excluding ortho intramolecular Hbond substituents is 1. The van der Waals surface area contributed by atoms with Crippen molar-refractivity contribution in [2.75, 3.05) is 47.0 Å². The number of nitrogens with one attached hydrogen (secondary N) is 2. The Morgan fingerprint density at radius 1 is 0.985 bits per heavy atom. The fourth-order valence-electron chi connectivity index (χ4n) is 11.6. The van der Waals surface area contributed by atoms with Crippen LogP contribution < -0.4 is 33.7 Å². The molecule has 7 aliphatic rings. The molecule has 4 aromatic carbocycles. The molecule has 0 unspecified atom stereocenters. The van der Waals surface area contributed by atoms with Crippen LogP contribution in [0.5, 0.6) is 40.2 Å². The van der Waals surface area contributed by atoms with Crippen molar-refractivity contribution in [1.82, 2.24) is 20.1 Å². The van der Waals surface area contributed by atoms with Gasteiger partial charge in [0.25, 0.3) is 0 Å². The van der Waals surface area contributed by atoms with Crippen LogP contribution in [0, 0.1) is 25.2 Å². The molecule has 5 aromatic rings. The van der Waals surface area contributed by atoms with Crippen LogP contribution >= 0.6 is 11.8 Å². The maximum absolute atomic E-state index is 15.2. The predicted octanol–water partition coefficient (Wildman–Crippen LogP) is 5.98. The topological polar surface area (TPSA) is 194 Å². The number of fused-ring (bicyclic) bond motifs is 10. The van der Waals surface area contributed by atoms with E-state index in [-0.39, 0.29) is 42.4 Å². The summed E-state index contributed by atoms with van der Waals surface area (Å²) in [6.45, 7) is 5.15. The number of para-hydroxylation sites is 1. The van der Waals surface area contributed by atoms with E-state index in [1.54, 1.807) is 18.3 Å². The minimum absolute atomic E-state index is 0.0255. The van der Waals surface area contributed by atoms with Gasteiger partial charge in [0.15, 0.2) is 40.0 Å². The first-order valence-corrected chi connectivity index (χ1v) is 22.9. The Morgan fingerprint density at radius 2 is 1.79 bits per heavy atom. The van der Waals surface area contributed by atoms with Gasteiger partial charge in [-0.1, -0.05) is 24.3 Å². The molecule has 7 atom stereocenters. The number of piperazine rings is 1. The molecular formula is C49H47N5O11S. The highest BCUT2D eigenvalue weighted by Gasteiger charge is 2.62. The van der Waals surface area contributed by atoms with Crippen molar-refractivity contribution in [3.05, 3.63) is 98.7 Å². The highest BCUT2D eigenvalue weighted by Crippen LogP contribution is 2.64. The Labute approximate surface area is 384 Å². The molecule has 0 radical (unpaired) electrons. The Hall–Kier alpha value is -6.45. The average Bonchev–Trinajstić information content (AvgIpc) is 3.97. The number of aromatic hydroxyl groups is 1. The third-order valence-electron chi connectivity index (χ3n) is 14.4. The number of phenols is 1. The number of thioether (sulfide) groups is 1. The van der Waals surface area contributed by atoms with Gasteiger partial charge in [-0.3, -0.25) is 19.9 Å². The Bertz CT molecular complexity index is 2970. The third kappa shape index (κ3) is 5.97. The van der Waals surface area contributed by atoms with E-state index in [9.17, 15) is 20.0 Å². The number of ether oxygens (including phenoxy) is 7. The zero-order valence-corrected chi connectivity index (χ0v) is 37.9. The molecule has 4 bridgehead atoms. The van der Waals surface area contributed by atoms with E-state index in [1.807, 2.05) is 51.2 Å². The van der Waals surface area contributed by atoms with Gasteiger partial charge < -0.3 is 43.2 Å². The van der Waals surface area contributed by atoms with Crippen LogP contribution in [0.25, 0.3) is 10.9 Å². The quantitative estimate of drug-likeness (QED) is 0.138. The Balaban J connectivity index is 1.09. The van der Waals surface area contributed by atoms with Gasteiger partial charge in [0.1, 0.15) is 18.4 Å². The first kappa shape index (κ1) is 42.2. The number of hydrogen-bond donors (Lipinski definition) is 3. The fourth-order valence-corrected chi connectivity index (χ4v) is 13.3. The van der Waals surface area contributed by atoms with Crippen molar-refractivity contribution >= 4 is 40.6 Å². The highest BCUT2D eigenvalue weighted by atomic mass is 32.2. The minimum Gasteiger partial charge on any atom is -0.504 e. The van der Waals surface area contributed by atoms with E-state index < -0.39 is 52.9 Å². The van der Waals surface area contributed by atoms with Crippen LogP contribution in [0.15, 0.2) is 48.7 Å². The van der Waals surface area contributed by atoms with Gasteiger partial charge in [-0.15, -0.1) is 11.8 Å². The van der Waals surface area contributed by atoms with E-state index in [0.29, 0.717) is 75.8 Å². The van der Waals surface area contributed by atoms with Gasteiger partial charge >= 0.3 is 17.9 Å². The maximum Gasteiger partial charge on any atom is 0.345 e. The number of aromatic amines is 1. The third-order valence-corrected chi connectivity index (χ3v) is 15.9. The zero-order chi connectivity index (χ0) is 45.9. The molecule has 66 heavy (non-hydrogen) atoms. The largest absolute Gasteiger partial charge is 0.504 e. The second-order valence-corrected chi connectivity index (χ2v) is 18.8. The normalized spacial score (nSPS) is 26.0. The number of nitriles is 1. The Morgan fingerprint density at radius 3 is 2.56 bits per heavy atom. The van der Waals surface area contributed by atoms with E-state index in [2.05, 4.69) is 26.2 Å².